The molecule has 0 saturated heterocycles. The number of carboxylic acid groups (broad SMARTS) is 1. The molecule has 0 spiro atoms. The van der Waals surface area contributed by atoms with E-state index in [9.17, 15) is 9.59 Å². The second-order valence-corrected chi connectivity index (χ2v) is 3.77. The fraction of sp³-hybridized carbons (Fsp3) is 0.600. The highest BCUT2D eigenvalue weighted by Crippen LogP contribution is 2.46. The third-order valence-corrected chi connectivity index (χ3v) is 3.25. The monoisotopic (exact) mass is 180 g/mol. The Morgan fingerprint density at radius 2 is 2.08 bits per heavy atom. The van der Waals surface area contributed by atoms with Gasteiger partial charge < -0.3 is 5.11 Å². The van der Waals surface area contributed by atoms with Crippen LogP contribution < -0.4 is 0 Å². The van der Waals surface area contributed by atoms with E-state index in [0.717, 1.165) is 6.42 Å². The number of hydrogen-bond acceptors (Lipinski definition) is 2. The van der Waals surface area contributed by atoms with E-state index in [-0.39, 0.29) is 23.5 Å². The van der Waals surface area contributed by atoms with Crippen LogP contribution in [0.4, 0.5) is 0 Å². The van der Waals surface area contributed by atoms with Gasteiger partial charge in [-0.15, -0.1) is 0 Å². The van der Waals surface area contributed by atoms with Crippen LogP contribution in [0.2, 0.25) is 0 Å². The van der Waals surface area contributed by atoms with Crippen molar-refractivity contribution in [2.24, 2.45) is 23.7 Å². The number of carbonyl (C=O) groups excluding carboxylic acids is 1. The van der Waals surface area contributed by atoms with Crippen LogP contribution in [-0.2, 0) is 9.59 Å². The minimum Gasteiger partial charge on any atom is -0.481 e. The number of fused-ring (bicyclic) bond motifs is 2. The summed E-state index contributed by atoms with van der Waals surface area (Å²) in [6, 6.07) is 0. The molecule has 3 heteroatoms. The highest BCUT2D eigenvalue weighted by atomic mass is 16.4. The van der Waals surface area contributed by atoms with Crippen LogP contribution in [0.3, 0.4) is 0 Å². The molecule has 0 aromatic carbocycles. The standard InChI is InChI=1S/C10H12O3/c1-2-5-6-3-4-7(9(6)11)8(5)10(12)13/h3-8H,2H2,1H3,(H,12,13). The van der Waals surface area contributed by atoms with Crippen LogP contribution >= 0.6 is 0 Å². The lowest BCUT2D eigenvalue weighted by Gasteiger charge is -2.21. The van der Waals surface area contributed by atoms with Gasteiger partial charge in [-0.05, 0) is 5.92 Å². The second kappa shape index (κ2) is 2.69. The van der Waals surface area contributed by atoms with Gasteiger partial charge in [-0.2, -0.15) is 0 Å². The van der Waals surface area contributed by atoms with Crippen molar-refractivity contribution in [1.82, 2.24) is 0 Å². The third-order valence-electron chi connectivity index (χ3n) is 3.25. The van der Waals surface area contributed by atoms with Crippen LogP contribution in [0.15, 0.2) is 12.2 Å². The number of aliphatic carboxylic acids is 1. The molecule has 13 heavy (non-hydrogen) atoms. The second-order valence-electron chi connectivity index (χ2n) is 3.77. The van der Waals surface area contributed by atoms with Gasteiger partial charge >= 0.3 is 5.97 Å². The first-order valence-corrected chi connectivity index (χ1v) is 4.61. The third kappa shape index (κ3) is 0.961. The van der Waals surface area contributed by atoms with E-state index in [2.05, 4.69) is 0 Å². The van der Waals surface area contributed by atoms with Crippen molar-refractivity contribution in [3.63, 3.8) is 0 Å². The van der Waals surface area contributed by atoms with E-state index in [1.807, 2.05) is 13.0 Å². The summed E-state index contributed by atoms with van der Waals surface area (Å²) in [4.78, 5) is 22.4. The quantitative estimate of drug-likeness (QED) is 0.647. The number of Topliss-reactive ketones (excluding diaryl/α,β-unsaturated/α-hetero) is 1. The Balaban J connectivity index is 2.34. The summed E-state index contributed by atoms with van der Waals surface area (Å²) >= 11 is 0. The summed E-state index contributed by atoms with van der Waals surface area (Å²) in [7, 11) is 0. The fourth-order valence-corrected chi connectivity index (χ4v) is 2.64. The molecule has 4 unspecified atom stereocenters. The Kier molecular flexibility index (Phi) is 1.75. The molecule has 1 saturated carbocycles. The summed E-state index contributed by atoms with van der Waals surface area (Å²) in [6.07, 6.45) is 4.41. The summed E-state index contributed by atoms with van der Waals surface area (Å²) < 4.78 is 0. The molecule has 0 amide bonds. The van der Waals surface area contributed by atoms with Crippen molar-refractivity contribution >= 4 is 11.8 Å². The Bertz CT molecular complexity index is 293. The molecule has 0 aliphatic heterocycles. The summed E-state index contributed by atoms with van der Waals surface area (Å²) in [6.45, 7) is 1.95. The molecule has 0 aromatic heterocycles. The number of allylic oxidation sites excluding steroid dienone is 2. The lowest BCUT2D eigenvalue weighted by molar-refractivity contribution is -0.145. The van der Waals surface area contributed by atoms with Crippen molar-refractivity contribution < 1.29 is 14.7 Å². The van der Waals surface area contributed by atoms with Crippen LogP contribution in [0, 0.1) is 23.7 Å². The van der Waals surface area contributed by atoms with Gasteiger partial charge in [-0.3, -0.25) is 9.59 Å². The number of hydrogen-bond donors (Lipinski definition) is 1. The van der Waals surface area contributed by atoms with E-state index in [4.69, 9.17) is 5.11 Å². The van der Waals surface area contributed by atoms with Crippen molar-refractivity contribution in [2.45, 2.75) is 13.3 Å². The van der Waals surface area contributed by atoms with Gasteiger partial charge in [0.2, 0.25) is 0 Å². The van der Waals surface area contributed by atoms with Crippen molar-refractivity contribution in [2.75, 3.05) is 0 Å². The smallest absolute Gasteiger partial charge is 0.307 e. The minimum atomic E-state index is -0.822. The largest absolute Gasteiger partial charge is 0.481 e. The van der Waals surface area contributed by atoms with Gasteiger partial charge in [-0.1, -0.05) is 25.5 Å². The maximum absolute atomic E-state index is 11.5. The van der Waals surface area contributed by atoms with Gasteiger partial charge in [0.1, 0.15) is 5.78 Å². The van der Waals surface area contributed by atoms with Crippen LogP contribution in [0.5, 0.6) is 0 Å². The number of ketones is 1. The molecule has 2 bridgehead atoms. The molecule has 2 rings (SSSR count). The van der Waals surface area contributed by atoms with E-state index in [1.54, 1.807) is 6.08 Å². The van der Waals surface area contributed by atoms with Crippen LogP contribution in [-0.4, -0.2) is 16.9 Å². The first-order valence-electron chi connectivity index (χ1n) is 4.61. The topological polar surface area (TPSA) is 54.4 Å². The van der Waals surface area contributed by atoms with Gasteiger partial charge in [0.15, 0.2) is 0 Å². The van der Waals surface area contributed by atoms with Gasteiger partial charge in [0.25, 0.3) is 0 Å². The highest BCUT2D eigenvalue weighted by molar-refractivity contribution is 5.97. The fourth-order valence-electron chi connectivity index (χ4n) is 2.64. The molecule has 0 heterocycles. The molecular weight excluding hydrogens is 168 g/mol. The number of carbonyl (C=O) groups is 2. The summed E-state index contributed by atoms with van der Waals surface area (Å²) in [5.41, 5.74) is 0. The highest BCUT2D eigenvalue weighted by Gasteiger charge is 2.53. The molecule has 0 radical (unpaired) electrons. The first kappa shape index (κ1) is 8.48. The van der Waals surface area contributed by atoms with E-state index >= 15 is 0 Å². The van der Waals surface area contributed by atoms with Gasteiger partial charge in [-0.25, -0.2) is 0 Å². The zero-order valence-electron chi connectivity index (χ0n) is 7.43. The van der Waals surface area contributed by atoms with Gasteiger partial charge in [0.05, 0.1) is 5.92 Å². The van der Waals surface area contributed by atoms with E-state index in [1.165, 1.54) is 0 Å². The lowest BCUT2D eigenvalue weighted by Crippen LogP contribution is -2.26. The minimum absolute atomic E-state index is 0.0278. The SMILES string of the molecule is CCC1C2C=CC(C2=O)C1C(=O)O. The Hall–Kier alpha value is -1.12. The van der Waals surface area contributed by atoms with Crippen molar-refractivity contribution in [3.05, 3.63) is 12.2 Å². The zero-order valence-corrected chi connectivity index (χ0v) is 7.43. The Labute approximate surface area is 76.4 Å². The Morgan fingerprint density at radius 1 is 1.46 bits per heavy atom. The van der Waals surface area contributed by atoms with E-state index < -0.39 is 11.9 Å². The average molecular weight is 180 g/mol. The van der Waals surface area contributed by atoms with Gasteiger partial charge in [0, 0.05) is 11.8 Å². The first-order chi connectivity index (χ1) is 6.16. The molecule has 1 fully saturated rings. The molecule has 0 aromatic rings. The molecule has 70 valence electrons. The molecule has 2 aliphatic carbocycles. The maximum Gasteiger partial charge on any atom is 0.307 e. The predicted molar refractivity (Wildman–Crippen MR) is 46.0 cm³/mol. The van der Waals surface area contributed by atoms with Crippen LogP contribution in [0.25, 0.3) is 0 Å². The molecule has 3 nitrogen and oxygen atoms in total. The van der Waals surface area contributed by atoms with Crippen LogP contribution in [0.1, 0.15) is 13.3 Å². The Morgan fingerprint density at radius 3 is 2.54 bits per heavy atom. The summed E-state index contributed by atoms with van der Waals surface area (Å²) in [5, 5.41) is 8.97. The normalized spacial score (nSPS) is 41.5. The zero-order chi connectivity index (χ0) is 9.59. The number of carboxylic acids is 1. The molecule has 4 atom stereocenters. The predicted octanol–water partition coefficient (Wildman–Crippen LogP) is 1.10. The molecule has 2 aliphatic rings. The van der Waals surface area contributed by atoms with E-state index in [0.29, 0.717) is 0 Å². The average Bonchev–Trinajstić information content (AvgIpc) is 2.58. The summed E-state index contributed by atoms with van der Waals surface area (Å²) in [5.74, 6) is -1.60. The van der Waals surface area contributed by atoms with Crippen molar-refractivity contribution in [1.29, 1.82) is 0 Å². The maximum atomic E-state index is 11.5. The number of rotatable bonds is 2. The van der Waals surface area contributed by atoms with Crippen molar-refractivity contribution in [3.8, 4) is 0 Å². The lowest BCUT2D eigenvalue weighted by atomic mass is 9.81. The molecule has 1 N–H and O–H groups in total. The molecular formula is C10H12O3.